The number of benzene rings is 3. The van der Waals surface area contributed by atoms with Crippen molar-refractivity contribution in [2.45, 2.75) is 13.8 Å². The maximum Gasteiger partial charge on any atom is 0.151 e. The highest BCUT2D eigenvalue weighted by Crippen LogP contribution is 2.33. The van der Waals surface area contributed by atoms with Gasteiger partial charge in [-0.15, -0.1) is 10.2 Å². The Bertz CT molecular complexity index is 1010. The molecule has 3 aromatic carbocycles. The van der Waals surface area contributed by atoms with Crippen molar-refractivity contribution in [3.05, 3.63) is 102 Å². The highest BCUT2D eigenvalue weighted by Gasteiger charge is 2.11. The molecule has 0 aliphatic heterocycles. The van der Waals surface area contributed by atoms with Crippen LogP contribution in [0.25, 0.3) is 0 Å². The highest BCUT2D eigenvalue weighted by molar-refractivity contribution is 5.82. The highest BCUT2D eigenvalue weighted by atomic mass is 15.4. The predicted molar refractivity (Wildman–Crippen MR) is 114 cm³/mol. The standard InChI is InChI=1S/C23H21N5/c1-18-25-26-19(2)28(18)24-17-20-13-15-23(16-14-20)27(21-9-5-3-6-10-21)22-11-7-4-8-12-22/h3-17H,1-2H3/b24-17-. The van der Waals surface area contributed by atoms with Crippen LogP contribution < -0.4 is 4.90 Å². The average molecular weight is 367 g/mol. The average Bonchev–Trinajstić information content (AvgIpc) is 3.07. The third-order valence-corrected chi connectivity index (χ3v) is 4.45. The largest absolute Gasteiger partial charge is 0.311 e. The van der Waals surface area contributed by atoms with Crippen LogP contribution in [0.4, 0.5) is 17.1 Å². The molecular formula is C23H21N5. The van der Waals surface area contributed by atoms with Gasteiger partial charge in [0.05, 0.1) is 6.21 Å². The first-order valence-corrected chi connectivity index (χ1v) is 9.15. The first kappa shape index (κ1) is 17.7. The lowest BCUT2D eigenvalue weighted by Crippen LogP contribution is -2.09. The van der Waals surface area contributed by atoms with Crippen molar-refractivity contribution in [3.63, 3.8) is 0 Å². The predicted octanol–water partition coefficient (Wildman–Crippen LogP) is 5.25. The van der Waals surface area contributed by atoms with E-state index in [1.165, 1.54) is 0 Å². The van der Waals surface area contributed by atoms with Gasteiger partial charge in [-0.3, -0.25) is 0 Å². The minimum Gasteiger partial charge on any atom is -0.311 e. The molecule has 1 aromatic heterocycles. The number of anilines is 3. The Hall–Kier alpha value is -3.73. The van der Waals surface area contributed by atoms with E-state index in [-0.39, 0.29) is 0 Å². The van der Waals surface area contributed by atoms with Crippen molar-refractivity contribution in [3.8, 4) is 0 Å². The van der Waals surface area contributed by atoms with Gasteiger partial charge in [0.25, 0.3) is 0 Å². The van der Waals surface area contributed by atoms with E-state index >= 15 is 0 Å². The second-order valence-electron chi connectivity index (χ2n) is 6.45. The third-order valence-electron chi connectivity index (χ3n) is 4.45. The van der Waals surface area contributed by atoms with Gasteiger partial charge in [0.2, 0.25) is 0 Å². The molecule has 0 saturated heterocycles. The number of rotatable bonds is 5. The van der Waals surface area contributed by atoms with Crippen molar-refractivity contribution in [2.24, 2.45) is 5.10 Å². The second-order valence-corrected chi connectivity index (χ2v) is 6.45. The fraction of sp³-hybridized carbons (Fsp3) is 0.0870. The summed E-state index contributed by atoms with van der Waals surface area (Å²) in [4.78, 5) is 2.23. The van der Waals surface area contributed by atoms with Gasteiger partial charge in [0.1, 0.15) is 0 Å². The first-order chi connectivity index (χ1) is 13.7. The van der Waals surface area contributed by atoms with E-state index < -0.39 is 0 Å². The second kappa shape index (κ2) is 7.88. The van der Waals surface area contributed by atoms with Gasteiger partial charge in [0, 0.05) is 17.1 Å². The fourth-order valence-electron chi connectivity index (χ4n) is 3.07. The normalized spacial score (nSPS) is 11.1. The number of aryl methyl sites for hydroxylation is 2. The molecule has 0 fully saturated rings. The number of hydrogen-bond donors (Lipinski definition) is 0. The molecule has 0 aliphatic rings. The Morgan fingerprint density at radius 2 is 1.14 bits per heavy atom. The van der Waals surface area contributed by atoms with Crippen LogP contribution >= 0.6 is 0 Å². The maximum absolute atomic E-state index is 4.48. The van der Waals surface area contributed by atoms with E-state index in [1.54, 1.807) is 4.68 Å². The fourth-order valence-corrected chi connectivity index (χ4v) is 3.07. The first-order valence-electron chi connectivity index (χ1n) is 9.15. The zero-order valence-corrected chi connectivity index (χ0v) is 15.9. The number of nitrogens with zero attached hydrogens (tertiary/aromatic N) is 5. The van der Waals surface area contributed by atoms with Crippen molar-refractivity contribution in [1.29, 1.82) is 0 Å². The van der Waals surface area contributed by atoms with Crippen molar-refractivity contribution in [2.75, 3.05) is 4.90 Å². The zero-order valence-electron chi connectivity index (χ0n) is 15.9. The van der Waals surface area contributed by atoms with Gasteiger partial charge in [-0.1, -0.05) is 48.5 Å². The van der Waals surface area contributed by atoms with Crippen LogP contribution in [0.5, 0.6) is 0 Å². The summed E-state index contributed by atoms with van der Waals surface area (Å²) in [5.74, 6) is 1.54. The molecule has 28 heavy (non-hydrogen) atoms. The molecule has 0 spiro atoms. The molecule has 5 nitrogen and oxygen atoms in total. The van der Waals surface area contributed by atoms with Crippen LogP contribution in [0.15, 0.2) is 90.0 Å². The molecule has 0 atom stereocenters. The quantitative estimate of drug-likeness (QED) is 0.453. The topological polar surface area (TPSA) is 46.3 Å². The Morgan fingerprint density at radius 1 is 0.679 bits per heavy atom. The van der Waals surface area contributed by atoms with Crippen LogP contribution in [0, 0.1) is 13.8 Å². The molecule has 0 radical (unpaired) electrons. The lowest BCUT2D eigenvalue weighted by molar-refractivity contribution is 0.799. The lowest BCUT2D eigenvalue weighted by atomic mass is 10.1. The zero-order chi connectivity index (χ0) is 19.3. The summed E-state index contributed by atoms with van der Waals surface area (Å²) in [5.41, 5.74) is 4.33. The smallest absolute Gasteiger partial charge is 0.151 e. The number of hydrogen-bond acceptors (Lipinski definition) is 4. The Kier molecular flexibility index (Phi) is 4.97. The molecule has 5 heteroatoms. The molecule has 4 aromatic rings. The molecule has 0 amide bonds. The molecule has 0 saturated carbocycles. The molecule has 0 bridgehead atoms. The Labute approximate surface area is 164 Å². The molecule has 0 unspecified atom stereocenters. The van der Waals surface area contributed by atoms with E-state index in [0.717, 1.165) is 34.3 Å². The molecular weight excluding hydrogens is 346 g/mol. The molecule has 0 aliphatic carbocycles. The van der Waals surface area contributed by atoms with Gasteiger partial charge in [-0.05, 0) is 55.8 Å². The molecule has 0 N–H and O–H groups in total. The summed E-state index contributed by atoms with van der Waals surface area (Å²) in [6.45, 7) is 3.77. The molecule has 138 valence electrons. The summed E-state index contributed by atoms with van der Waals surface area (Å²) in [5, 5.41) is 12.5. The van der Waals surface area contributed by atoms with E-state index in [4.69, 9.17) is 0 Å². The van der Waals surface area contributed by atoms with Crippen molar-refractivity contribution >= 4 is 23.3 Å². The van der Waals surface area contributed by atoms with Gasteiger partial charge in [-0.2, -0.15) is 5.10 Å². The van der Waals surface area contributed by atoms with Crippen LogP contribution in [-0.2, 0) is 0 Å². The monoisotopic (exact) mass is 367 g/mol. The Balaban J connectivity index is 1.65. The van der Waals surface area contributed by atoms with Gasteiger partial charge in [0.15, 0.2) is 11.6 Å². The van der Waals surface area contributed by atoms with E-state index in [9.17, 15) is 0 Å². The number of aromatic nitrogens is 3. The minimum absolute atomic E-state index is 0.768. The van der Waals surface area contributed by atoms with Crippen LogP contribution in [0.3, 0.4) is 0 Å². The van der Waals surface area contributed by atoms with E-state index in [0.29, 0.717) is 0 Å². The maximum atomic E-state index is 4.48. The number of para-hydroxylation sites is 2. The van der Waals surface area contributed by atoms with Crippen LogP contribution in [0.1, 0.15) is 17.2 Å². The summed E-state index contributed by atoms with van der Waals surface area (Å²) in [7, 11) is 0. The van der Waals surface area contributed by atoms with Gasteiger partial charge in [-0.25, -0.2) is 4.68 Å². The molecule has 1 heterocycles. The van der Waals surface area contributed by atoms with Gasteiger partial charge >= 0.3 is 0 Å². The summed E-state index contributed by atoms with van der Waals surface area (Å²) in [6.07, 6.45) is 1.82. The van der Waals surface area contributed by atoms with E-state index in [1.807, 2.05) is 32.2 Å². The van der Waals surface area contributed by atoms with Crippen LogP contribution in [0.2, 0.25) is 0 Å². The minimum atomic E-state index is 0.768. The lowest BCUT2D eigenvalue weighted by Gasteiger charge is -2.25. The summed E-state index contributed by atoms with van der Waals surface area (Å²) in [6, 6.07) is 29.0. The summed E-state index contributed by atoms with van der Waals surface area (Å²) >= 11 is 0. The van der Waals surface area contributed by atoms with Crippen molar-refractivity contribution in [1.82, 2.24) is 14.9 Å². The third kappa shape index (κ3) is 3.69. The molecule has 4 rings (SSSR count). The van der Waals surface area contributed by atoms with Crippen molar-refractivity contribution < 1.29 is 0 Å². The van der Waals surface area contributed by atoms with E-state index in [2.05, 4.69) is 93.0 Å². The van der Waals surface area contributed by atoms with Gasteiger partial charge < -0.3 is 4.90 Å². The van der Waals surface area contributed by atoms with Crippen LogP contribution in [-0.4, -0.2) is 21.1 Å². The SMILES string of the molecule is Cc1nnc(C)n1/N=C\c1ccc(N(c2ccccc2)c2ccccc2)cc1. The Morgan fingerprint density at radius 3 is 1.64 bits per heavy atom. The summed E-state index contributed by atoms with van der Waals surface area (Å²) < 4.78 is 1.73.